The molecule has 0 radical (unpaired) electrons. The topological polar surface area (TPSA) is 113 Å². The van der Waals surface area contributed by atoms with Gasteiger partial charge >= 0.3 is 5.97 Å². The molecule has 0 spiro atoms. The number of hydrogen-bond donors (Lipinski definition) is 1. The van der Waals surface area contributed by atoms with Crippen molar-refractivity contribution < 1.29 is 23.1 Å². The first kappa shape index (κ1) is 19.1. The van der Waals surface area contributed by atoms with E-state index >= 15 is 0 Å². The molecule has 0 unspecified atom stereocenters. The van der Waals surface area contributed by atoms with Crippen molar-refractivity contribution in [3.8, 4) is 0 Å². The molecule has 27 heavy (non-hydrogen) atoms. The Morgan fingerprint density at radius 3 is 2.33 bits per heavy atom. The van der Waals surface area contributed by atoms with Crippen LogP contribution in [-0.2, 0) is 21.4 Å². The van der Waals surface area contributed by atoms with E-state index in [2.05, 4.69) is 5.10 Å². The Bertz CT molecular complexity index is 944. The first-order valence-electron chi connectivity index (χ1n) is 8.38. The van der Waals surface area contributed by atoms with Crippen LogP contribution < -0.4 is 0 Å². The zero-order valence-corrected chi connectivity index (χ0v) is 15.6. The number of carboxylic acids is 1. The molecule has 1 aromatic heterocycles. The summed E-state index contributed by atoms with van der Waals surface area (Å²) in [7, 11) is -3.59. The molecule has 9 nitrogen and oxygen atoms in total. The molecule has 1 aromatic carbocycles. The molecule has 1 aliphatic heterocycles. The number of hydrogen-bond acceptors (Lipinski definition) is 5. The highest BCUT2D eigenvalue weighted by Crippen LogP contribution is 2.19. The van der Waals surface area contributed by atoms with Gasteiger partial charge in [0, 0.05) is 32.4 Å². The quantitative estimate of drug-likeness (QED) is 0.789. The van der Waals surface area contributed by atoms with Crippen molar-refractivity contribution in [2.75, 3.05) is 26.2 Å². The number of sulfonamides is 1. The second-order valence-electron chi connectivity index (χ2n) is 6.33. The first-order chi connectivity index (χ1) is 12.8. The van der Waals surface area contributed by atoms with E-state index in [0.29, 0.717) is 0 Å². The molecule has 144 valence electrons. The highest BCUT2D eigenvalue weighted by molar-refractivity contribution is 7.89. The Hall–Kier alpha value is -2.72. The molecule has 3 rings (SSSR count). The van der Waals surface area contributed by atoms with E-state index in [9.17, 15) is 18.0 Å². The van der Waals surface area contributed by atoms with Crippen molar-refractivity contribution in [2.24, 2.45) is 0 Å². The van der Waals surface area contributed by atoms with Crippen molar-refractivity contribution in [3.63, 3.8) is 0 Å². The number of carboxylic acid groups (broad SMARTS) is 1. The smallest absolute Gasteiger partial charge is 0.325 e. The third-order valence-corrected chi connectivity index (χ3v) is 6.27. The van der Waals surface area contributed by atoms with Crippen LogP contribution in [0.1, 0.15) is 15.9 Å². The maximum absolute atomic E-state index is 12.7. The lowest BCUT2D eigenvalue weighted by Gasteiger charge is -2.33. The Morgan fingerprint density at radius 1 is 1.11 bits per heavy atom. The van der Waals surface area contributed by atoms with E-state index in [1.54, 1.807) is 29.2 Å². The van der Waals surface area contributed by atoms with Crippen LogP contribution in [0, 0.1) is 6.92 Å². The van der Waals surface area contributed by atoms with Gasteiger partial charge in [-0.05, 0) is 19.1 Å². The lowest BCUT2D eigenvalue weighted by molar-refractivity contribution is -0.137. The number of nitrogens with zero attached hydrogens (tertiary/aromatic N) is 4. The fourth-order valence-corrected chi connectivity index (χ4v) is 4.29. The number of carbonyl (C=O) groups excluding carboxylic acids is 1. The van der Waals surface area contributed by atoms with Crippen LogP contribution in [0.3, 0.4) is 0 Å². The lowest BCUT2D eigenvalue weighted by atomic mass is 10.2. The van der Waals surface area contributed by atoms with E-state index in [4.69, 9.17) is 5.11 Å². The van der Waals surface area contributed by atoms with E-state index in [1.165, 1.54) is 21.4 Å². The molecule has 10 heteroatoms. The van der Waals surface area contributed by atoms with Gasteiger partial charge in [-0.3, -0.25) is 14.3 Å². The summed E-state index contributed by atoms with van der Waals surface area (Å²) < 4.78 is 28.0. The summed E-state index contributed by atoms with van der Waals surface area (Å²) in [5.74, 6) is -1.34. The number of amides is 1. The molecule has 1 fully saturated rings. The summed E-state index contributed by atoms with van der Waals surface area (Å²) in [4.78, 5) is 25.0. The number of aliphatic carboxylic acids is 1. The van der Waals surface area contributed by atoms with Crippen molar-refractivity contribution in [1.29, 1.82) is 0 Å². The van der Waals surface area contributed by atoms with Gasteiger partial charge in [-0.25, -0.2) is 8.42 Å². The molecule has 2 aromatic rings. The molecule has 2 heterocycles. The van der Waals surface area contributed by atoms with Gasteiger partial charge in [0.15, 0.2) is 0 Å². The van der Waals surface area contributed by atoms with E-state index in [0.717, 1.165) is 5.56 Å². The molecule has 0 atom stereocenters. The summed E-state index contributed by atoms with van der Waals surface area (Å²) >= 11 is 0. The fourth-order valence-electron chi connectivity index (χ4n) is 2.87. The van der Waals surface area contributed by atoms with Crippen molar-refractivity contribution in [2.45, 2.75) is 18.4 Å². The van der Waals surface area contributed by atoms with Crippen molar-refractivity contribution >= 4 is 21.9 Å². The monoisotopic (exact) mass is 392 g/mol. The number of aryl methyl sites for hydroxylation is 1. The van der Waals surface area contributed by atoms with Crippen molar-refractivity contribution in [3.05, 3.63) is 47.8 Å². The standard InChI is InChI=1S/C17H20N4O5S/c1-13-2-4-15(5-3-13)27(25,26)21-8-6-19(7-9-21)17(24)14-10-18-20(11-14)12-16(22)23/h2-5,10-11H,6-9,12H2,1H3,(H,22,23). The zero-order chi connectivity index (χ0) is 19.6. The highest BCUT2D eigenvalue weighted by Gasteiger charge is 2.30. The molecule has 0 saturated carbocycles. The lowest BCUT2D eigenvalue weighted by Crippen LogP contribution is -2.50. The SMILES string of the molecule is Cc1ccc(S(=O)(=O)N2CCN(C(=O)c3cnn(CC(=O)O)c3)CC2)cc1. The molecular weight excluding hydrogens is 372 g/mol. The van der Waals surface area contributed by atoms with Gasteiger partial charge in [0.25, 0.3) is 5.91 Å². The van der Waals surface area contributed by atoms with E-state index in [-0.39, 0.29) is 49.1 Å². The van der Waals surface area contributed by atoms with Gasteiger partial charge in [0.2, 0.25) is 10.0 Å². The van der Waals surface area contributed by atoms with Gasteiger partial charge in [0.1, 0.15) is 6.54 Å². The van der Waals surface area contributed by atoms with Gasteiger partial charge in [-0.1, -0.05) is 17.7 Å². The summed E-state index contributed by atoms with van der Waals surface area (Å²) in [6.45, 7) is 2.48. The largest absolute Gasteiger partial charge is 0.480 e. The summed E-state index contributed by atoms with van der Waals surface area (Å²) in [6, 6.07) is 6.67. The van der Waals surface area contributed by atoms with Gasteiger partial charge in [0.05, 0.1) is 16.7 Å². The molecule has 1 N–H and O–H groups in total. The maximum atomic E-state index is 12.7. The highest BCUT2D eigenvalue weighted by atomic mass is 32.2. The number of carbonyl (C=O) groups is 2. The molecule has 0 aliphatic carbocycles. The molecule has 1 aliphatic rings. The van der Waals surface area contributed by atoms with Crippen LogP contribution in [0.2, 0.25) is 0 Å². The summed E-state index contributed by atoms with van der Waals surface area (Å²) in [5.41, 5.74) is 1.26. The number of aromatic nitrogens is 2. The Labute approximate surface area is 156 Å². The van der Waals surface area contributed by atoms with Gasteiger partial charge < -0.3 is 10.0 Å². The van der Waals surface area contributed by atoms with Crippen molar-refractivity contribution in [1.82, 2.24) is 19.0 Å². The molecule has 0 bridgehead atoms. The number of rotatable bonds is 5. The van der Waals surface area contributed by atoms with Gasteiger partial charge in [-0.15, -0.1) is 0 Å². The van der Waals surface area contributed by atoms with Crippen LogP contribution in [-0.4, -0.2) is 70.6 Å². The Morgan fingerprint density at radius 2 is 1.74 bits per heavy atom. The summed E-state index contributed by atoms with van der Waals surface area (Å²) in [5, 5.41) is 12.6. The van der Waals surface area contributed by atoms with E-state index in [1.807, 2.05) is 6.92 Å². The average Bonchev–Trinajstić information content (AvgIpc) is 3.09. The summed E-state index contributed by atoms with van der Waals surface area (Å²) in [6.07, 6.45) is 2.70. The van der Waals surface area contributed by atoms with Crippen LogP contribution >= 0.6 is 0 Å². The maximum Gasteiger partial charge on any atom is 0.325 e. The van der Waals surface area contributed by atoms with Gasteiger partial charge in [-0.2, -0.15) is 9.40 Å². The predicted octanol–water partition coefficient (Wildman–Crippen LogP) is 0.423. The second kappa shape index (κ2) is 7.49. The third kappa shape index (κ3) is 4.17. The number of piperazine rings is 1. The average molecular weight is 392 g/mol. The fraction of sp³-hybridized carbons (Fsp3) is 0.353. The van der Waals surface area contributed by atoms with Crippen LogP contribution in [0.4, 0.5) is 0 Å². The van der Waals surface area contributed by atoms with Crippen LogP contribution in [0.15, 0.2) is 41.6 Å². The molecule has 1 amide bonds. The Kier molecular flexibility index (Phi) is 5.29. The predicted molar refractivity (Wildman–Crippen MR) is 95.7 cm³/mol. The van der Waals surface area contributed by atoms with E-state index < -0.39 is 16.0 Å². The molecule has 1 saturated heterocycles. The van der Waals surface area contributed by atoms with Crippen LogP contribution in [0.25, 0.3) is 0 Å². The second-order valence-corrected chi connectivity index (χ2v) is 8.27. The minimum absolute atomic E-state index is 0.200. The first-order valence-corrected chi connectivity index (χ1v) is 9.82. The van der Waals surface area contributed by atoms with Crippen LogP contribution in [0.5, 0.6) is 0 Å². The minimum Gasteiger partial charge on any atom is -0.480 e. The number of benzene rings is 1. The molecular formula is C17H20N4O5S. The normalized spacial score (nSPS) is 15.7. The zero-order valence-electron chi connectivity index (χ0n) is 14.8. The Balaban J connectivity index is 1.64. The minimum atomic E-state index is -3.59. The third-order valence-electron chi connectivity index (χ3n) is 4.36.